The molecule has 2 heterocycles. The van der Waals surface area contributed by atoms with Crippen LogP contribution in [0.2, 0.25) is 0 Å². The predicted octanol–water partition coefficient (Wildman–Crippen LogP) is 1.84. The Hall–Kier alpha value is -1.75. The maximum absolute atomic E-state index is 4.53. The van der Waals surface area contributed by atoms with Crippen molar-refractivity contribution >= 4 is 0 Å². The normalized spacial score (nSPS) is 11.2. The van der Waals surface area contributed by atoms with Crippen molar-refractivity contribution in [2.75, 3.05) is 13.6 Å². The Bertz CT molecular complexity index is 535. The second-order valence-electron chi connectivity index (χ2n) is 5.11. The summed E-state index contributed by atoms with van der Waals surface area (Å²) in [5.74, 6) is 2.07. The van der Waals surface area contributed by atoms with Crippen LogP contribution in [-0.4, -0.2) is 38.0 Å². The van der Waals surface area contributed by atoms with E-state index in [0.29, 0.717) is 0 Å². The number of nitrogens with zero attached hydrogens (tertiary/aromatic N) is 5. The maximum Gasteiger partial charge on any atom is 0.128 e. The van der Waals surface area contributed by atoms with E-state index in [9.17, 15) is 0 Å². The minimum Gasteiger partial charge on any atom is -0.338 e. The fraction of sp³-hybridized carbons (Fsp3) is 0.533. The Kier molecular flexibility index (Phi) is 5.24. The van der Waals surface area contributed by atoms with Gasteiger partial charge < -0.3 is 9.47 Å². The molecular weight excluding hydrogens is 250 g/mol. The lowest BCUT2D eigenvalue weighted by Gasteiger charge is -2.16. The van der Waals surface area contributed by atoms with Gasteiger partial charge in [-0.2, -0.15) is 0 Å². The van der Waals surface area contributed by atoms with Gasteiger partial charge in [-0.3, -0.25) is 0 Å². The standard InChI is InChI=1S/C15H23N5/c1-4-14-16-8-7-13(18-14)12-19(2)10-5-6-15-17-9-11-20(15)3/h7-9,11H,4-6,10,12H2,1-3H3. The molecule has 0 fully saturated rings. The highest BCUT2D eigenvalue weighted by Crippen LogP contribution is 2.04. The van der Waals surface area contributed by atoms with E-state index in [2.05, 4.69) is 38.4 Å². The van der Waals surface area contributed by atoms with Crippen LogP contribution in [0, 0.1) is 0 Å². The van der Waals surface area contributed by atoms with E-state index >= 15 is 0 Å². The van der Waals surface area contributed by atoms with Crippen molar-refractivity contribution in [3.8, 4) is 0 Å². The van der Waals surface area contributed by atoms with Gasteiger partial charge in [0.2, 0.25) is 0 Å². The zero-order valence-corrected chi connectivity index (χ0v) is 12.6. The smallest absolute Gasteiger partial charge is 0.128 e. The molecule has 108 valence electrons. The SMILES string of the molecule is CCc1nccc(CN(C)CCCc2nccn2C)n1. The molecule has 5 heteroatoms. The molecule has 5 nitrogen and oxygen atoms in total. The molecule has 0 aromatic carbocycles. The van der Waals surface area contributed by atoms with E-state index in [0.717, 1.165) is 49.7 Å². The Morgan fingerprint density at radius 1 is 1.25 bits per heavy atom. The first kappa shape index (κ1) is 14.7. The zero-order chi connectivity index (χ0) is 14.4. The molecule has 0 unspecified atom stereocenters. The summed E-state index contributed by atoms with van der Waals surface area (Å²) < 4.78 is 2.08. The van der Waals surface area contributed by atoms with Crippen LogP contribution >= 0.6 is 0 Å². The van der Waals surface area contributed by atoms with Crippen molar-refractivity contribution in [2.45, 2.75) is 32.7 Å². The average molecular weight is 273 g/mol. The molecule has 0 radical (unpaired) electrons. The van der Waals surface area contributed by atoms with Gasteiger partial charge in [0, 0.05) is 45.0 Å². The van der Waals surface area contributed by atoms with Crippen molar-refractivity contribution in [2.24, 2.45) is 7.05 Å². The van der Waals surface area contributed by atoms with Crippen LogP contribution in [0.5, 0.6) is 0 Å². The monoisotopic (exact) mass is 273 g/mol. The van der Waals surface area contributed by atoms with Crippen molar-refractivity contribution in [3.05, 3.63) is 42.0 Å². The van der Waals surface area contributed by atoms with Gasteiger partial charge in [-0.15, -0.1) is 0 Å². The molecule has 0 saturated heterocycles. The molecular formula is C15H23N5. The second-order valence-corrected chi connectivity index (χ2v) is 5.11. The Labute approximate surface area is 120 Å². The lowest BCUT2D eigenvalue weighted by Crippen LogP contribution is -2.21. The highest BCUT2D eigenvalue weighted by Gasteiger charge is 2.04. The summed E-state index contributed by atoms with van der Waals surface area (Å²) in [6, 6.07) is 1.99. The first-order valence-electron chi connectivity index (χ1n) is 7.14. The largest absolute Gasteiger partial charge is 0.338 e. The van der Waals surface area contributed by atoms with Crippen molar-refractivity contribution in [1.82, 2.24) is 24.4 Å². The topological polar surface area (TPSA) is 46.8 Å². The van der Waals surface area contributed by atoms with Crippen LogP contribution in [0.25, 0.3) is 0 Å². The van der Waals surface area contributed by atoms with E-state index < -0.39 is 0 Å². The number of hydrogen-bond acceptors (Lipinski definition) is 4. The highest BCUT2D eigenvalue weighted by atomic mass is 15.1. The van der Waals surface area contributed by atoms with Crippen molar-refractivity contribution < 1.29 is 0 Å². The van der Waals surface area contributed by atoms with Crippen LogP contribution < -0.4 is 0 Å². The van der Waals surface area contributed by atoms with Gasteiger partial charge in [-0.1, -0.05) is 6.92 Å². The van der Waals surface area contributed by atoms with Gasteiger partial charge in [0.05, 0.1) is 5.69 Å². The first-order valence-corrected chi connectivity index (χ1v) is 7.14. The minimum absolute atomic E-state index is 0.871. The molecule has 20 heavy (non-hydrogen) atoms. The number of aromatic nitrogens is 4. The van der Waals surface area contributed by atoms with E-state index in [4.69, 9.17) is 0 Å². The third-order valence-electron chi connectivity index (χ3n) is 3.37. The van der Waals surface area contributed by atoms with Crippen molar-refractivity contribution in [1.29, 1.82) is 0 Å². The van der Waals surface area contributed by atoms with Gasteiger partial charge in [-0.25, -0.2) is 15.0 Å². The fourth-order valence-corrected chi connectivity index (χ4v) is 2.20. The third-order valence-corrected chi connectivity index (χ3v) is 3.37. The van der Waals surface area contributed by atoms with E-state index in [1.807, 2.05) is 31.7 Å². The highest BCUT2D eigenvalue weighted by molar-refractivity contribution is 5.02. The molecule has 0 atom stereocenters. The number of aryl methyl sites for hydroxylation is 3. The average Bonchev–Trinajstić information content (AvgIpc) is 2.85. The number of hydrogen-bond donors (Lipinski definition) is 0. The van der Waals surface area contributed by atoms with Crippen LogP contribution in [0.15, 0.2) is 24.7 Å². The quantitative estimate of drug-likeness (QED) is 0.772. The molecule has 0 amide bonds. The summed E-state index contributed by atoms with van der Waals surface area (Å²) in [6.07, 6.45) is 8.70. The summed E-state index contributed by atoms with van der Waals surface area (Å²) in [4.78, 5) is 15.4. The van der Waals surface area contributed by atoms with Gasteiger partial charge in [0.15, 0.2) is 0 Å². The Morgan fingerprint density at radius 2 is 2.10 bits per heavy atom. The third kappa shape index (κ3) is 4.13. The lowest BCUT2D eigenvalue weighted by atomic mass is 10.2. The van der Waals surface area contributed by atoms with E-state index in [1.165, 1.54) is 0 Å². The van der Waals surface area contributed by atoms with Gasteiger partial charge in [0.25, 0.3) is 0 Å². The molecule has 2 aromatic rings. The Balaban J connectivity index is 1.77. The zero-order valence-electron chi connectivity index (χ0n) is 12.6. The molecule has 2 aromatic heterocycles. The molecule has 0 aliphatic heterocycles. The predicted molar refractivity (Wildman–Crippen MR) is 79.3 cm³/mol. The number of rotatable bonds is 7. The van der Waals surface area contributed by atoms with Crippen molar-refractivity contribution in [3.63, 3.8) is 0 Å². The summed E-state index contributed by atoms with van der Waals surface area (Å²) in [5, 5.41) is 0. The first-order chi connectivity index (χ1) is 9.69. The fourth-order valence-electron chi connectivity index (χ4n) is 2.20. The minimum atomic E-state index is 0.871. The maximum atomic E-state index is 4.53. The van der Waals surface area contributed by atoms with Crippen LogP contribution in [0.1, 0.15) is 30.7 Å². The lowest BCUT2D eigenvalue weighted by molar-refractivity contribution is 0.316. The van der Waals surface area contributed by atoms with E-state index in [-0.39, 0.29) is 0 Å². The van der Waals surface area contributed by atoms with Gasteiger partial charge in [0.1, 0.15) is 11.6 Å². The Morgan fingerprint density at radius 3 is 2.80 bits per heavy atom. The van der Waals surface area contributed by atoms with Crippen LogP contribution in [-0.2, 0) is 26.4 Å². The van der Waals surface area contributed by atoms with Crippen LogP contribution in [0.4, 0.5) is 0 Å². The molecule has 0 saturated carbocycles. The van der Waals surface area contributed by atoms with Gasteiger partial charge in [-0.05, 0) is 26.1 Å². The molecule has 0 spiro atoms. The van der Waals surface area contributed by atoms with Crippen LogP contribution in [0.3, 0.4) is 0 Å². The second kappa shape index (κ2) is 7.14. The molecule has 0 aliphatic carbocycles. The molecule has 0 bridgehead atoms. The summed E-state index contributed by atoms with van der Waals surface area (Å²) >= 11 is 0. The molecule has 0 N–H and O–H groups in total. The molecule has 2 rings (SSSR count). The molecule has 0 aliphatic rings. The summed E-state index contributed by atoms with van der Waals surface area (Å²) in [7, 11) is 4.17. The van der Waals surface area contributed by atoms with E-state index in [1.54, 1.807) is 0 Å². The number of imidazole rings is 1. The van der Waals surface area contributed by atoms with Gasteiger partial charge >= 0.3 is 0 Å². The summed E-state index contributed by atoms with van der Waals surface area (Å²) in [6.45, 7) is 3.99. The summed E-state index contributed by atoms with van der Waals surface area (Å²) in [5.41, 5.74) is 1.09.